The van der Waals surface area contributed by atoms with E-state index in [9.17, 15) is 0 Å². The molecule has 0 amide bonds. The topological polar surface area (TPSA) is 8.17 Å². The standard InChI is InChI=1S/C68H44N2S/c1-3-20-52-45(16-1)18-13-26-54(52)47-34-38-49(39-35-47)69(50-40-36-48(37-41-50)55-27-14-19-46-17-2-4-21-53(46)55)51-42-43-56(62(44-51)60-28-15-33-67-68(60)61-25-8-12-32-66(61)71-67)57-22-5-9-29-63(57)70-64-30-10-6-23-58(64)59-24-7-11-31-65(59)70/h1-44H. The highest BCUT2D eigenvalue weighted by Crippen LogP contribution is 2.48. The molecule has 0 radical (unpaired) electrons. The van der Waals surface area contributed by atoms with Gasteiger partial charge in [0, 0.05) is 53.6 Å². The highest BCUT2D eigenvalue weighted by atomic mass is 32.1. The first-order chi connectivity index (χ1) is 35.2. The van der Waals surface area contributed by atoms with E-state index in [0.717, 1.165) is 22.7 Å². The van der Waals surface area contributed by atoms with Crippen molar-refractivity contribution in [3.8, 4) is 50.2 Å². The largest absolute Gasteiger partial charge is 0.310 e. The molecule has 14 aromatic rings. The molecule has 0 saturated heterocycles. The summed E-state index contributed by atoms with van der Waals surface area (Å²) in [5.74, 6) is 0. The van der Waals surface area contributed by atoms with Crippen molar-refractivity contribution in [3.05, 3.63) is 267 Å². The number of hydrogen-bond acceptors (Lipinski definition) is 2. The Hall–Kier alpha value is -9.02. The molecule has 0 spiro atoms. The van der Waals surface area contributed by atoms with Crippen LogP contribution in [0.15, 0.2) is 267 Å². The van der Waals surface area contributed by atoms with E-state index in [0.29, 0.717) is 0 Å². The Morgan fingerprint density at radius 3 is 1.37 bits per heavy atom. The minimum atomic E-state index is 1.07. The predicted octanol–water partition coefficient (Wildman–Crippen LogP) is 19.6. The van der Waals surface area contributed by atoms with Crippen molar-refractivity contribution < 1.29 is 0 Å². The average molecular weight is 921 g/mol. The lowest BCUT2D eigenvalue weighted by molar-refractivity contribution is 1.18. The second-order valence-corrected chi connectivity index (χ2v) is 19.5. The van der Waals surface area contributed by atoms with Crippen LogP contribution in [0.4, 0.5) is 17.1 Å². The average Bonchev–Trinajstić information content (AvgIpc) is 3.99. The maximum absolute atomic E-state index is 2.46. The molecular weight excluding hydrogens is 877 g/mol. The van der Waals surface area contributed by atoms with E-state index < -0.39 is 0 Å². The Morgan fingerprint density at radius 1 is 0.282 bits per heavy atom. The number of thiophene rings is 1. The third kappa shape index (κ3) is 6.85. The molecule has 12 aromatic carbocycles. The summed E-state index contributed by atoms with van der Waals surface area (Å²) >= 11 is 1.87. The van der Waals surface area contributed by atoms with Crippen LogP contribution in [0.5, 0.6) is 0 Å². The Bertz CT molecular complexity index is 4160. The number of fused-ring (bicyclic) bond motifs is 8. The third-order valence-electron chi connectivity index (χ3n) is 14.4. The van der Waals surface area contributed by atoms with E-state index in [1.807, 2.05) is 11.3 Å². The molecule has 71 heavy (non-hydrogen) atoms. The van der Waals surface area contributed by atoms with Crippen molar-refractivity contribution in [1.29, 1.82) is 0 Å². The number of hydrogen-bond donors (Lipinski definition) is 0. The van der Waals surface area contributed by atoms with Crippen molar-refractivity contribution in [2.45, 2.75) is 0 Å². The van der Waals surface area contributed by atoms with Gasteiger partial charge < -0.3 is 9.47 Å². The van der Waals surface area contributed by atoms with Gasteiger partial charge in [0.25, 0.3) is 0 Å². The molecule has 332 valence electrons. The fourth-order valence-electron chi connectivity index (χ4n) is 11.2. The fourth-order valence-corrected chi connectivity index (χ4v) is 12.3. The maximum Gasteiger partial charge on any atom is 0.0541 e. The van der Waals surface area contributed by atoms with Gasteiger partial charge in [-0.1, -0.05) is 200 Å². The first-order valence-electron chi connectivity index (χ1n) is 24.3. The quantitative estimate of drug-likeness (QED) is 0.147. The highest BCUT2D eigenvalue weighted by Gasteiger charge is 2.22. The molecule has 2 nitrogen and oxygen atoms in total. The van der Waals surface area contributed by atoms with Crippen LogP contribution in [0.1, 0.15) is 0 Å². The normalized spacial score (nSPS) is 11.7. The number of benzene rings is 12. The number of anilines is 3. The smallest absolute Gasteiger partial charge is 0.0541 e. The van der Waals surface area contributed by atoms with Gasteiger partial charge in [0.05, 0.1) is 16.7 Å². The van der Waals surface area contributed by atoms with E-state index in [-0.39, 0.29) is 0 Å². The molecule has 0 bridgehead atoms. The van der Waals surface area contributed by atoms with Crippen molar-refractivity contribution >= 4 is 91.9 Å². The molecule has 0 aliphatic rings. The molecular formula is C68H44N2S. The summed E-state index contributed by atoms with van der Waals surface area (Å²) in [4.78, 5) is 2.43. The lowest BCUT2D eigenvalue weighted by Gasteiger charge is -2.28. The van der Waals surface area contributed by atoms with E-state index in [1.165, 1.54) is 108 Å². The molecule has 2 heterocycles. The van der Waals surface area contributed by atoms with Gasteiger partial charge in [-0.25, -0.2) is 0 Å². The Balaban J connectivity index is 1.00. The van der Waals surface area contributed by atoms with Gasteiger partial charge in [-0.15, -0.1) is 11.3 Å². The van der Waals surface area contributed by atoms with Gasteiger partial charge in [-0.3, -0.25) is 0 Å². The summed E-state index contributed by atoms with van der Waals surface area (Å²) in [7, 11) is 0. The zero-order valence-corrected chi connectivity index (χ0v) is 39.5. The van der Waals surface area contributed by atoms with E-state index in [4.69, 9.17) is 0 Å². The number of rotatable bonds is 8. The lowest BCUT2D eigenvalue weighted by atomic mass is 9.90. The predicted molar refractivity (Wildman–Crippen MR) is 305 cm³/mol. The summed E-state index contributed by atoms with van der Waals surface area (Å²) in [5, 5.41) is 10.0. The first kappa shape index (κ1) is 41.0. The third-order valence-corrected chi connectivity index (χ3v) is 15.6. The summed E-state index contributed by atoms with van der Waals surface area (Å²) in [6, 6.07) is 98.2. The molecule has 3 heteroatoms. The van der Waals surface area contributed by atoms with Crippen LogP contribution in [0.3, 0.4) is 0 Å². The second-order valence-electron chi connectivity index (χ2n) is 18.4. The van der Waals surface area contributed by atoms with E-state index >= 15 is 0 Å². The monoisotopic (exact) mass is 920 g/mol. The van der Waals surface area contributed by atoms with Crippen molar-refractivity contribution in [1.82, 2.24) is 4.57 Å². The molecule has 0 atom stereocenters. The first-order valence-corrected chi connectivity index (χ1v) is 25.1. The SMILES string of the molecule is c1ccc(-n2c3ccccc3c3ccccc32)c(-c2ccc(N(c3ccc(-c4cccc5ccccc45)cc3)c3ccc(-c4cccc5ccccc45)cc3)cc2-c2cccc3sc4ccccc4c23)c1. The molecule has 0 fully saturated rings. The Morgan fingerprint density at radius 2 is 0.732 bits per heavy atom. The summed E-state index contributed by atoms with van der Waals surface area (Å²) in [6.45, 7) is 0. The van der Waals surface area contributed by atoms with E-state index in [2.05, 4.69) is 276 Å². The zero-order valence-electron chi connectivity index (χ0n) is 38.7. The van der Waals surface area contributed by atoms with Gasteiger partial charge in [0.15, 0.2) is 0 Å². The number of nitrogens with zero attached hydrogens (tertiary/aromatic N) is 2. The minimum absolute atomic E-state index is 1.07. The van der Waals surface area contributed by atoms with Crippen LogP contribution in [0, 0.1) is 0 Å². The van der Waals surface area contributed by atoms with Crippen LogP contribution in [0.25, 0.3) is 114 Å². The molecule has 0 aliphatic carbocycles. The van der Waals surface area contributed by atoms with Gasteiger partial charge in [-0.2, -0.15) is 0 Å². The highest BCUT2D eigenvalue weighted by molar-refractivity contribution is 7.25. The Labute approximate surface area is 416 Å². The van der Waals surface area contributed by atoms with Crippen LogP contribution in [-0.2, 0) is 0 Å². The summed E-state index contributed by atoms with van der Waals surface area (Å²) < 4.78 is 5.03. The maximum atomic E-state index is 2.46. The van der Waals surface area contributed by atoms with Crippen molar-refractivity contribution in [2.24, 2.45) is 0 Å². The van der Waals surface area contributed by atoms with Crippen LogP contribution in [-0.4, -0.2) is 4.57 Å². The zero-order chi connectivity index (χ0) is 46.8. The van der Waals surface area contributed by atoms with Gasteiger partial charge in [-0.05, 0) is 127 Å². The van der Waals surface area contributed by atoms with Gasteiger partial charge >= 0.3 is 0 Å². The number of aromatic nitrogens is 1. The molecule has 0 N–H and O–H groups in total. The van der Waals surface area contributed by atoms with E-state index in [1.54, 1.807) is 0 Å². The molecule has 0 aliphatic heterocycles. The summed E-state index contributed by atoms with van der Waals surface area (Å²) in [6.07, 6.45) is 0. The van der Waals surface area contributed by atoms with Crippen molar-refractivity contribution in [3.63, 3.8) is 0 Å². The second kappa shape index (κ2) is 16.9. The molecule has 14 rings (SSSR count). The molecule has 0 saturated carbocycles. The Kier molecular flexibility index (Phi) is 9.75. The van der Waals surface area contributed by atoms with Gasteiger partial charge in [0.2, 0.25) is 0 Å². The molecule has 0 unspecified atom stereocenters. The van der Waals surface area contributed by atoms with Crippen LogP contribution in [0.2, 0.25) is 0 Å². The van der Waals surface area contributed by atoms with Crippen LogP contribution < -0.4 is 4.90 Å². The fraction of sp³-hybridized carbons (Fsp3) is 0. The van der Waals surface area contributed by atoms with Crippen LogP contribution >= 0.6 is 11.3 Å². The van der Waals surface area contributed by atoms with Gasteiger partial charge in [0.1, 0.15) is 0 Å². The molecule has 2 aromatic heterocycles. The summed E-state index contributed by atoms with van der Waals surface area (Å²) in [5.41, 5.74) is 16.3. The lowest BCUT2D eigenvalue weighted by Crippen LogP contribution is -2.10. The number of para-hydroxylation sites is 3. The minimum Gasteiger partial charge on any atom is -0.310 e. The van der Waals surface area contributed by atoms with Crippen molar-refractivity contribution in [2.75, 3.05) is 4.90 Å².